The van der Waals surface area contributed by atoms with Gasteiger partial charge in [0.2, 0.25) is 5.95 Å². The number of hydrogen-bond acceptors (Lipinski definition) is 6. The second-order valence-corrected chi connectivity index (χ2v) is 8.46. The van der Waals surface area contributed by atoms with Crippen LogP contribution < -0.4 is 5.32 Å². The predicted molar refractivity (Wildman–Crippen MR) is 104 cm³/mol. The van der Waals surface area contributed by atoms with Gasteiger partial charge in [-0.05, 0) is 44.2 Å². The van der Waals surface area contributed by atoms with Gasteiger partial charge in [-0.1, -0.05) is 6.07 Å². The Balaban J connectivity index is 1.23. The molecule has 2 aromatic heterocycles. The minimum absolute atomic E-state index is 0.0209. The molecule has 0 bridgehead atoms. The molecule has 2 saturated heterocycles. The molecule has 2 aromatic rings. The Morgan fingerprint density at radius 1 is 1.04 bits per heavy atom. The van der Waals surface area contributed by atoms with E-state index in [0.717, 1.165) is 63.2 Å². The topological polar surface area (TPSA) is 80.2 Å². The number of hydrogen-bond donors (Lipinski definition) is 1. The van der Waals surface area contributed by atoms with E-state index in [-0.39, 0.29) is 16.9 Å². The SMILES string of the molecule is Cc1ccc(C2(Nc3ncc(C(=O)N4CC5(CCOCC5)C4)cn3)CC2)cn1. The van der Waals surface area contributed by atoms with Crippen molar-refractivity contribution in [1.29, 1.82) is 0 Å². The molecule has 3 aliphatic rings. The van der Waals surface area contributed by atoms with Crippen molar-refractivity contribution in [2.24, 2.45) is 5.41 Å². The Morgan fingerprint density at radius 2 is 1.75 bits per heavy atom. The normalized spacial score (nSPS) is 21.8. The lowest BCUT2D eigenvalue weighted by Crippen LogP contribution is -2.60. The van der Waals surface area contributed by atoms with Crippen molar-refractivity contribution in [3.05, 3.63) is 47.5 Å². The first-order valence-corrected chi connectivity index (χ1v) is 9.98. The molecular weight excluding hydrogens is 354 g/mol. The van der Waals surface area contributed by atoms with Gasteiger partial charge in [0.05, 0.1) is 11.1 Å². The number of nitrogens with one attached hydrogen (secondary N) is 1. The number of ether oxygens (including phenoxy) is 1. The lowest BCUT2D eigenvalue weighted by molar-refractivity contribution is -0.0666. The van der Waals surface area contributed by atoms with Gasteiger partial charge in [-0.2, -0.15) is 0 Å². The molecular formula is C21H25N5O2. The summed E-state index contributed by atoms with van der Waals surface area (Å²) in [5, 5.41) is 3.43. The number of aryl methyl sites for hydroxylation is 1. The smallest absolute Gasteiger partial charge is 0.257 e. The maximum atomic E-state index is 12.7. The molecule has 3 fully saturated rings. The van der Waals surface area contributed by atoms with Crippen LogP contribution in [0.4, 0.5) is 5.95 Å². The van der Waals surface area contributed by atoms with E-state index < -0.39 is 0 Å². The average molecular weight is 379 g/mol. The fourth-order valence-corrected chi connectivity index (χ4v) is 4.29. The summed E-state index contributed by atoms with van der Waals surface area (Å²) in [6.07, 6.45) is 9.34. The van der Waals surface area contributed by atoms with Crippen LogP contribution in [0.2, 0.25) is 0 Å². The predicted octanol–water partition coefficient (Wildman–Crippen LogP) is 2.53. The molecule has 146 valence electrons. The van der Waals surface area contributed by atoms with Crippen molar-refractivity contribution in [2.75, 3.05) is 31.6 Å². The molecule has 7 nitrogen and oxygen atoms in total. The highest BCUT2D eigenvalue weighted by Crippen LogP contribution is 2.47. The van der Waals surface area contributed by atoms with Crippen LogP contribution in [0.15, 0.2) is 30.7 Å². The standard InChI is InChI=1S/C21H25N5O2/c1-15-2-3-17(12-22-15)21(4-5-21)25-19-23-10-16(11-24-19)18(27)26-13-20(14-26)6-8-28-9-7-20/h2-3,10-12H,4-9,13-14H2,1H3,(H,23,24,25). The molecule has 0 unspecified atom stereocenters. The van der Waals surface area contributed by atoms with Crippen LogP contribution in [0.25, 0.3) is 0 Å². The second kappa shape index (κ2) is 6.51. The van der Waals surface area contributed by atoms with Crippen molar-refractivity contribution in [3.8, 4) is 0 Å². The lowest BCUT2D eigenvalue weighted by Gasteiger charge is -2.52. The van der Waals surface area contributed by atoms with E-state index in [9.17, 15) is 4.79 Å². The number of pyridine rings is 1. The number of rotatable bonds is 4. The summed E-state index contributed by atoms with van der Waals surface area (Å²) in [6.45, 7) is 5.24. The number of carbonyl (C=O) groups is 1. The molecule has 1 aliphatic carbocycles. The third-order valence-electron chi connectivity index (χ3n) is 6.36. The summed E-state index contributed by atoms with van der Waals surface area (Å²) in [5.74, 6) is 0.576. The van der Waals surface area contributed by atoms with Crippen LogP contribution in [0, 0.1) is 12.3 Å². The van der Waals surface area contributed by atoms with Gasteiger partial charge in [-0.25, -0.2) is 9.97 Å². The third kappa shape index (κ3) is 3.13. The van der Waals surface area contributed by atoms with Crippen molar-refractivity contribution < 1.29 is 9.53 Å². The van der Waals surface area contributed by atoms with Gasteiger partial charge < -0.3 is 15.0 Å². The van der Waals surface area contributed by atoms with E-state index in [2.05, 4.69) is 26.3 Å². The summed E-state index contributed by atoms with van der Waals surface area (Å²) in [7, 11) is 0. The number of likely N-dealkylation sites (tertiary alicyclic amines) is 1. The zero-order valence-electron chi connectivity index (χ0n) is 16.1. The number of aromatic nitrogens is 3. The zero-order chi connectivity index (χ0) is 19.2. The summed E-state index contributed by atoms with van der Waals surface area (Å²) in [4.78, 5) is 27.8. The Labute approximate surface area is 164 Å². The van der Waals surface area contributed by atoms with E-state index in [1.165, 1.54) is 0 Å². The molecule has 4 heterocycles. The van der Waals surface area contributed by atoms with E-state index in [1.54, 1.807) is 12.4 Å². The summed E-state index contributed by atoms with van der Waals surface area (Å²) in [6, 6.07) is 4.13. The van der Waals surface area contributed by atoms with Gasteiger partial charge in [-0.3, -0.25) is 9.78 Å². The fraction of sp³-hybridized carbons (Fsp3) is 0.524. The minimum atomic E-state index is -0.126. The summed E-state index contributed by atoms with van der Waals surface area (Å²) >= 11 is 0. The number of carbonyl (C=O) groups excluding carboxylic acids is 1. The number of amides is 1. The van der Waals surface area contributed by atoms with Crippen LogP contribution >= 0.6 is 0 Å². The van der Waals surface area contributed by atoms with Gasteiger partial charge in [0, 0.05) is 56.0 Å². The average Bonchev–Trinajstić information content (AvgIpc) is 3.48. The van der Waals surface area contributed by atoms with Gasteiger partial charge in [0.1, 0.15) is 0 Å². The molecule has 1 amide bonds. The summed E-state index contributed by atoms with van der Waals surface area (Å²) in [5.41, 5.74) is 2.86. The number of anilines is 1. The molecule has 7 heteroatoms. The molecule has 1 N–H and O–H groups in total. The first kappa shape index (κ1) is 17.6. The van der Waals surface area contributed by atoms with Crippen LogP contribution in [-0.2, 0) is 10.3 Å². The first-order chi connectivity index (χ1) is 13.6. The zero-order valence-corrected chi connectivity index (χ0v) is 16.1. The summed E-state index contributed by atoms with van der Waals surface area (Å²) < 4.78 is 5.44. The van der Waals surface area contributed by atoms with Gasteiger partial charge in [0.25, 0.3) is 5.91 Å². The fourth-order valence-electron chi connectivity index (χ4n) is 4.29. The highest BCUT2D eigenvalue weighted by atomic mass is 16.5. The van der Waals surface area contributed by atoms with E-state index in [0.29, 0.717) is 11.5 Å². The van der Waals surface area contributed by atoms with Crippen molar-refractivity contribution >= 4 is 11.9 Å². The molecule has 28 heavy (non-hydrogen) atoms. The van der Waals surface area contributed by atoms with Crippen LogP contribution in [0.3, 0.4) is 0 Å². The molecule has 5 rings (SSSR count). The van der Waals surface area contributed by atoms with Crippen LogP contribution in [-0.4, -0.2) is 52.1 Å². The van der Waals surface area contributed by atoms with Crippen molar-refractivity contribution in [2.45, 2.75) is 38.1 Å². The maximum absolute atomic E-state index is 12.7. The largest absolute Gasteiger partial charge is 0.381 e. The Kier molecular flexibility index (Phi) is 4.08. The second-order valence-electron chi connectivity index (χ2n) is 8.46. The van der Waals surface area contributed by atoms with E-state index in [4.69, 9.17) is 4.74 Å². The molecule has 0 radical (unpaired) electrons. The van der Waals surface area contributed by atoms with Gasteiger partial charge >= 0.3 is 0 Å². The van der Waals surface area contributed by atoms with Gasteiger partial charge in [0.15, 0.2) is 0 Å². The monoisotopic (exact) mass is 379 g/mol. The van der Waals surface area contributed by atoms with Crippen molar-refractivity contribution in [1.82, 2.24) is 19.9 Å². The Hall–Kier alpha value is -2.54. The lowest BCUT2D eigenvalue weighted by atomic mass is 9.73. The third-order valence-corrected chi connectivity index (χ3v) is 6.36. The highest BCUT2D eigenvalue weighted by molar-refractivity contribution is 5.94. The minimum Gasteiger partial charge on any atom is -0.381 e. The molecule has 0 aromatic carbocycles. The van der Waals surface area contributed by atoms with Crippen LogP contribution in [0.1, 0.15) is 47.3 Å². The first-order valence-electron chi connectivity index (χ1n) is 9.98. The highest BCUT2D eigenvalue weighted by Gasteiger charge is 2.47. The van der Waals surface area contributed by atoms with E-state index in [1.807, 2.05) is 24.1 Å². The van der Waals surface area contributed by atoms with E-state index >= 15 is 0 Å². The maximum Gasteiger partial charge on any atom is 0.257 e. The quantitative estimate of drug-likeness (QED) is 0.879. The molecule has 1 spiro atoms. The molecule has 0 atom stereocenters. The Bertz CT molecular complexity index is 863. The van der Waals surface area contributed by atoms with Crippen LogP contribution in [0.5, 0.6) is 0 Å². The Morgan fingerprint density at radius 3 is 2.36 bits per heavy atom. The molecule has 1 saturated carbocycles. The van der Waals surface area contributed by atoms with Crippen molar-refractivity contribution in [3.63, 3.8) is 0 Å². The number of nitrogens with zero attached hydrogens (tertiary/aromatic N) is 4. The van der Waals surface area contributed by atoms with Gasteiger partial charge in [-0.15, -0.1) is 0 Å². The molecule has 2 aliphatic heterocycles.